The number of aromatic hydroxyl groups is 1. The van der Waals surface area contributed by atoms with E-state index in [1.54, 1.807) is 14.2 Å². The van der Waals surface area contributed by atoms with Crippen LogP contribution in [0.1, 0.15) is 23.6 Å². The van der Waals surface area contributed by atoms with Crippen LogP contribution in [0.4, 0.5) is 0 Å². The Morgan fingerprint density at radius 2 is 1.18 bits per heavy atom. The number of carboxylic acid groups (broad SMARTS) is 2. The molecule has 3 rings (SSSR count). The largest absolute Gasteiger partial charge is 0.502 e. The van der Waals surface area contributed by atoms with Crippen LogP contribution >= 0.6 is 0 Å². The summed E-state index contributed by atoms with van der Waals surface area (Å²) in [6.07, 6.45) is 1.09. The van der Waals surface area contributed by atoms with Crippen molar-refractivity contribution in [2.24, 2.45) is 0 Å². The average Bonchev–Trinajstić information content (AvgIpc) is 2.82. The van der Waals surface area contributed by atoms with E-state index in [4.69, 9.17) is 29.3 Å². The summed E-state index contributed by atoms with van der Waals surface area (Å²) < 4.78 is 10.5. The average molecular weight is 461 g/mol. The van der Waals surface area contributed by atoms with Gasteiger partial charge in [0.15, 0.2) is 11.5 Å². The highest BCUT2D eigenvalue weighted by Crippen LogP contribution is 2.37. The number of carbonyl (C=O) groups is 2. The summed E-state index contributed by atoms with van der Waals surface area (Å²) in [5.74, 6) is -2.68. The Hall–Kier alpha value is -3.30. The van der Waals surface area contributed by atoms with Gasteiger partial charge < -0.3 is 24.8 Å². The van der Waals surface area contributed by atoms with Crippen LogP contribution in [0.25, 0.3) is 0 Å². The number of ether oxygens (including phenoxy) is 2. The second-order valence-corrected chi connectivity index (χ2v) is 7.68. The molecule has 1 heterocycles. The normalized spacial score (nSPS) is 14.2. The number of phenols is 1. The van der Waals surface area contributed by atoms with Gasteiger partial charge in [-0.05, 0) is 35.2 Å². The predicted octanol–water partition coefficient (Wildman–Crippen LogP) is 2.45. The highest BCUT2D eigenvalue weighted by Gasteiger charge is 2.19. The van der Waals surface area contributed by atoms with Crippen LogP contribution in [-0.2, 0) is 29.1 Å². The van der Waals surface area contributed by atoms with E-state index in [9.17, 15) is 5.11 Å². The molecule has 3 N–H and O–H groups in total. The number of aryl methyl sites for hydroxylation is 1. The van der Waals surface area contributed by atoms with Crippen LogP contribution < -0.4 is 9.47 Å². The van der Waals surface area contributed by atoms with Gasteiger partial charge >= 0.3 is 11.9 Å². The molecule has 9 nitrogen and oxygen atoms in total. The second kappa shape index (κ2) is 12.7. The third-order valence-electron chi connectivity index (χ3n) is 5.43. The number of hydrogen-bond donors (Lipinski definition) is 3. The van der Waals surface area contributed by atoms with Gasteiger partial charge in [-0.2, -0.15) is 0 Å². The minimum absolute atomic E-state index is 0.0580. The molecule has 9 heteroatoms. The molecule has 33 heavy (non-hydrogen) atoms. The Bertz CT molecular complexity index is 886. The van der Waals surface area contributed by atoms with E-state index in [2.05, 4.69) is 41.0 Å². The first-order valence-electron chi connectivity index (χ1n) is 10.7. The van der Waals surface area contributed by atoms with Crippen molar-refractivity contribution in [3.05, 3.63) is 53.1 Å². The molecule has 1 fully saturated rings. The number of nitrogens with zero attached hydrogens (tertiary/aromatic N) is 2. The zero-order chi connectivity index (χ0) is 24.4. The first-order chi connectivity index (χ1) is 15.8. The van der Waals surface area contributed by atoms with Crippen molar-refractivity contribution in [1.29, 1.82) is 0 Å². The maximum atomic E-state index is 10.1. The van der Waals surface area contributed by atoms with Crippen LogP contribution in [0.5, 0.6) is 17.2 Å². The van der Waals surface area contributed by atoms with E-state index in [-0.39, 0.29) is 5.75 Å². The second-order valence-electron chi connectivity index (χ2n) is 7.68. The Labute approximate surface area is 193 Å². The van der Waals surface area contributed by atoms with Gasteiger partial charge in [0.25, 0.3) is 0 Å². The van der Waals surface area contributed by atoms with Gasteiger partial charge in [-0.1, -0.05) is 31.2 Å². The topological polar surface area (TPSA) is 120 Å². The van der Waals surface area contributed by atoms with E-state index < -0.39 is 11.9 Å². The van der Waals surface area contributed by atoms with E-state index >= 15 is 0 Å². The third-order valence-corrected chi connectivity index (χ3v) is 5.43. The fraction of sp³-hybridized carbons (Fsp3) is 0.417. The molecule has 0 saturated carbocycles. The van der Waals surface area contributed by atoms with Gasteiger partial charge in [0.1, 0.15) is 0 Å². The van der Waals surface area contributed by atoms with Crippen LogP contribution in [-0.4, -0.2) is 77.5 Å². The number of methoxy groups -OCH3 is 2. The van der Waals surface area contributed by atoms with Crippen molar-refractivity contribution in [3.8, 4) is 17.2 Å². The summed E-state index contributed by atoms with van der Waals surface area (Å²) in [7, 11) is 3.12. The number of hydrogen-bond acceptors (Lipinski definition) is 7. The molecule has 0 aliphatic carbocycles. The number of carboxylic acids is 2. The quantitative estimate of drug-likeness (QED) is 0.535. The van der Waals surface area contributed by atoms with Gasteiger partial charge in [-0.15, -0.1) is 0 Å². The summed E-state index contributed by atoms with van der Waals surface area (Å²) in [6, 6.07) is 12.7. The Balaban J connectivity index is 0.000000569. The fourth-order valence-corrected chi connectivity index (χ4v) is 3.54. The van der Waals surface area contributed by atoms with Gasteiger partial charge in [-0.3, -0.25) is 9.80 Å². The number of benzene rings is 2. The number of phenolic OH excluding ortho intramolecular Hbond substituents is 1. The molecule has 180 valence electrons. The zero-order valence-corrected chi connectivity index (χ0v) is 19.3. The molecular formula is C24H32N2O7. The molecule has 0 bridgehead atoms. The summed E-state index contributed by atoms with van der Waals surface area (Å²) in [5, 5.41) is 24.8. The van der Waals surface area contributed by atoms with Gasteiger partial charge in [0.05, 0.1) is 14.2 Å². The summed E-state index contributed by atoms with van der Waals surface area (Å²) in [6.45, 7) is 8.19. The van der Waals surface area contributed by atoms with Crippen molar-refractivity contribution < 1.29 is 34.4 Å². The molecule has 1 saturated heterocycles. The van der Waals surface area contributed by atoms with Crippen LogP contribution in [0.3, 0.4) is 0 Å². The Morgan fingerprint density at radius 3 is 1.55 bits per heavy atom. The maximum Gasteiger partial charge on any atom is 0.414 e. The molecular weight excluding hydrogens is 428 g/mol. The van der Waals surface area contributed by atoms with Crippen molar-refractivity contribution in [2.75, 3.05) is 40.4 Å². The molecule has 0 radical (unpaired) electrons. The lowest BCUT2D eigenvalue weighted by molar-refractivity contribution is -0.159. The zero-order valence-electron chi connectivity index (χ0n) is 19.3. The lowest BCUT2D eigenvalue weighted by Crippen LogP contribution is -2.45. The van der Waals surface area contributed by atoms with Gasteiger partial charge in [-0.25, -0.2) is 9.59 Å². The minimum atomic E-state index is -1.82. The van der Waals surface area contributed by atoms with Crippen molar-refractivity contribution >= 4 is 11.9 Å². The molecule has 0 aromatic heterocycles. The molecule has 2 aromatic rings. The van der Waals surface area contributed by atoms with Gasteiger partial charge in [0, 0.05) is 39.3 Å². The highest BCUT2D eigenvalue weighted by molar-refractivity contribution is 6.27. The molecule has 1 aliphatic heterocycles. The molecule has 0 atom stereocenters. The molecule has 2 aromatic carbocycles. The minimum Gasteiger partial charge on any atom is -0.502 e. The monoisotopic (exact) mass is 460 g/mol. The van der Waals surface area contributed by atoms with Crippen molar-refractivity contribution in [3.63, 3.8) is 0 Å². The standard InChI is InChI=1S/C22H30N2O3.C2H2O4/c1-4-17-5-7-18(8-6-17)15-23-9-11-24(12-10-23)16-19-13-20(26-2)22(25)21(14-19)27-3;3-1(4)2(5)6/h5-8,13-14,25H,4,9-12,15-16H2,1-3H3;(H,3,4)(H,5,6). The summed E-state index contributed by atoms with van der Waals surface area (Å²) in [5.41, 5.74) is 3.86. The van der Waals surface area contributed by atoms with Gasteiger partial charge in [0.2, 0.25) is 5.75 Å². The highest BCUT2D eigenvalue weighted by atomic mass is 16.5. The predicted molar refractivity (Wildman–Crippen MR) is 123 cm³/mol. The number of aliphatic carboxylic acids is 2. The maximum absolute atomic E-state index is 10.1. The van der Waals surface area contributed by atoms with E-state index in [1.807, 2.05) is 12.1 Å². The third kappa shape index (κ3) is 7.96. The number of piperazine rings is 1. The summed E-state index contributed by atoms with van der Waals surface area (Å²) in [4.78, 5) is 23.1. The molecule has 1 aliphatic rings. The van der Waals surface area contributed by atoms with E-state index in [1.165, 1.54) is 11.1 Å². The van der Waals surface area contributed by atoms with Crippen LogP contribution in [0.15, 0.2) is 36.4 Å². The fourth-order valence-electron chi connectivity index (χ4n) is 3.54. The van der Waals surface area contributed by atoms with Crippen molar-refractivity contribution in [2.45, 2.75) is 26.4 Å². The number of rotatable bonds is 7. The van der Waals surface area contributed by atoms with Crippen LogP contribution in [0, 0.1) is 0 Å². The summed E-state index contributed by atoms with van der Waals surface area (Å²) >= 11 is 0. The molecule has 0 spiro atoms. The first kappa shape index (κ1) is 26.0. The Kier molecular flexibility index (Phi) is 9.96. The lowest BCUT2D eigenvalue weighted by atomic mass is 10.1. The van der Waals surface area contributed by atoms with E-state index in [0.29, 0.717) is 11.5 Å². The molecule has 0 unspecified atom stereocenters. The SMILES string of the molecule is CCc1ccc(CN2CCN(Cc3cc(OC)c(O)c(OC)c3)CC2)cc1.O=C(O)C(=O)O. The lowest BCUT2D eigenvalue weighted by Gasteiger charge is -2.34. The van der Waals surface area contributed by atoms with E-state index in [0.717, 1.165) is 51.3 Å². The van der Waals surface area contributed by atoms with Crippen molar-refractivity contribution in [1.82, 2.24) is 9.80 Å². The Morgan fingerprint density at radius 1 is 0.788 bits per heavy atom. The van der Waals surface area contributed by atoms with Crippen LogP contribution in [0.2, 0.25) is 0 Å². The smallest absolute Gasteiger partial charge is 0.414 e. The first-order valence-corrected chi connectivity index (χ1v) is 10.7. The molecule has 0 amide bonds.